The van der Waals surface area contributed by atoms with Crippen LogP contribution in [0.3, 0.4) is 0 Å². The fraction of sp³-hybridized carbons (Fsp3) is 0.750. The molecule has 0 saturated carbocycles. The number of hydrogen-bond donors (Lipinski definition) is 2. The predicted octanol–water partition coefficient (Wildman–Crippen LogP) is 5.11. The summed E-state index contributed by atoms with van der Waals surface area (Å²) in [6.07, 6.45) is 9.92. The molecule has 7 unspecified atom stereocenters. The van der Waals surface area contributed by atoms with E-state index in [0.29, 0.717) is 63.1 Å². The third kappa shape index (κ3) is 9.75. The highest BCUT2D eigenvalue weighted by atomic mass is 16.7. The van der Waals surface area contributed by atoms with Gasteiger partial charge in [0.05, 0.1) is 44.2 Å². The van der Waals surface area contributed by atoms with Gasteiger partial charge in [-0.25, -0.2) is 0 Å². The van der Waals surface area contributed by atoms with Gasteiger partial charge in [0.2, 0.25) is 0 Å². The SMILES string of the molecule is CC[C@H](C)[C@H]1OC2(C=C[C@@H]1C)C[C@@H]1C[C@@H](C/C=C(\C)[C@@H](OC3CC(OC)C(OC(=O)C(C)N4CCOCC4)C(C)O3)[C@@H](C)/C=C/C=C3\CO[C@@H]4[C@H](O)C(C)=CC(C(=O)O1)[C@]34O)O2. The molecule has 7 aliphatic rings. The number of aliphatic hydroxyl groups is 2. The zero-order chi connectivity index (χ0) is 44.5. The average molecular weight is 870 g/mol. The molecule has 0 aromatic carbocycles. The van der Waals surface area contributed by atoms with E-state index in [2.05, 4.69) is 44.7 Å². The second-order valence-electron chi connectivity index (χ2n) is 18.8. The summed E-state index contributed by atoms with van der Waals surface area (Å²) in [4.78, 5) is 29.8. The number of nitrogens with zero attached hydrogens (tertiary/aromatic N) is 1. The molecule has 0 aromatic rings. The van der Waals surface area contributed by atoms with Crippen LogP contribution in [0.1, 0.15) is 87.5 Å². The summed E-state index contributed by atoms with van der Waals surface area (Å²) in [5.74, 6) is -2.92. The molecule has 2 N–H and O–H groups in total. The molecule has 346 valence electrons. The molecule has 1 spiro atoms. The van der Waals surface area contributed by atoms with E-state index in [1.165, 1.54) is 0 Å². The highest BCUT2D eigenvalue weighted by Gasteiger charge is 2.60. The monoisotopic (exact) mass is 869 g/mol. The van der Waals surface area contributed by atoms with Gasteiger partial charge < -0.3 is 52.8 Å². The molecule has 2 bridgehead atoms. The minimum Gasteiger partial charge on any atom is -0.462 e. The molecule has 0 aromatic heterocycles. The van der Waals surface area contributed by atoms with Gasteiger partial charge in [-0.1, -0.05) is 70.6 Å². The van der Waals surface area contributed by atoms with Crippen LogP contribution in [0.5, 0.6) is 0 Å². The van der Waals surface area contributed by atoms with Crippen LogP contribution in [0.25, 0.3) is 0 Å². The van der Waals surface area contributed by atoms with Crippen molar-refractivity contribution in [1.82, 2.24) is 4.90 Å². The number of methoxy groups -OCH3 is 1. The Kier molecular flexibility index (Phi) is 15.1. The maximum Gasteiger partial charge on any atom is 0.323 e. The van der Waals surface area contributed by atoms with Crippen LogP contribution in [-0.2, 0) is 52.2 Å². The normalized spacial score (nSPS) is 45.0. The van der Waals surface area contributed by atoms with Gasteiger partial charge in [-0.2, -0.15) is 0 Å². The van der Waals surface area contributed by atoms with Crippen LogP contribution in [-0.4, -0.2) is 146 Å². The molecule has 0 radical (unpaired) electrons. The van der Waals surface area contributed by atoms with Crippen LogP contribution < -0.4 is 0 Å². The molecule has 6 aliphatic heterocycles. The van der Waals surface area contributed by atoms with Gasteiger partial charge in [0.15, 0.2) is 18.2 Å². The molecule has 62 heavy (non-hydrogen) atoms. The van der Waals surface area contributed by atoms with Crippen LogP contribution in [0.2, 0.25) is 0 Å². The van der Waals surface area contributed by atoms with Crippen molar-refractivity contribution in [3.63, 3.8) is 0 Å². The van der Waals surface area contributed by atoms with Gasteiger partial charge in [0, 0.05) is 51.3 Å². The Morgan fingerprint density at radius 3 is 2.52 bits per heavy atom. The first-order chi connectivity index (χ1) is 29.6. The van der Waals surface area contributed by atoms with E-state index >= 15 is 0 Å². The maximum absolute atomic E-state index is 14.3. The first kappa shape index (κ1) is 47.2. The Morgan fingerprint density at radius 2 is 1.79 bits per heavy atom. The number of aliphatic hydroxyl groups excluding tert-OH is 1. The standard InChI is InChI=1S/C48H71NO13/c1-10-27(2)42-30(5)16-17-47(62-42)25-36-23-35(61-47)15-14-29(4)41(28(3)12-11-13-34-26-56-44-40(50)31(6)22-37(46(52)58-36)48(34,44)53)59-39-24-38(54-9)43(33(8)57-39)60-45(51)32(7)49-18-20-55-21-19-49/h11-14,16-17,22,27-28,30,32-33,35-44,50,53H,10,15,18-21,23-26H2,1-9H3/b12-11+,29-14+,34-13+/t27-,28-,30-,32?,33?,35+,36-,37?,38?,39?,40+,41-,42+,43?,44+,47?,48+/m0/s1. The Balaban J connectivity index is 1.18. The molecular weight excluding hydrogens is 799 g/mol. The van der Waals surface area contributed by atoms with Crippen molar-refractivity contribution in [3.05, 3.63) is 59.3 Å². The predicted molar refractivity (Wildman–Crippen MR) is 228 cm³/mol. The van der Waals surface area contributed by atoms with E-state index in [4.69, 9.17) is 42.6 Å². The number of esters is 2. The molecule has 14 heteroatoms. The van der Waals surface area contributed by atoms with Crippen LogP contribution >= 0.6 is 0 Å². The topological polar surface area (TPSA) is 161 Å². The van der Waals surface area contributed by atoms with Gasteiger partial charge in [-0.15, -0.1) is 0 Å². The fourth-order valence-corrected chi connectivity index (χ4v) is 10.4. The molecule has 4 fully saturated rings. The summed E-state index contributed by atoms with van der Waals surface area (Å²) in [6, 6.07) is -0.431. The summed E-state index contributed by atoms with van der Waals surface area (Å²) in [6.45, 7) is 18.5. The van der Waals surface area contributed by atoms with Crippen molar-refractivity contribution in [3.8, 4) is 0 Å². The minimum absolute atomic E-state index is 0.0279. The number of allylic oxidation sites excluding steroid dienone is 2. The maximum atomic E-state index is 14.3. The Hall–Kier alpha value is -2.76. The van der Waals surface area contributed by atoms with Crippen LogP contribution in [0.4, 0.5) is 0 Å². The van der Waals surface area contributed by atoms with Crippen molar-refractivity contribution < 1.29 is 62.4 Å². The van der Waals surface area contributed by atoms with Gasteiger partial charge >= 0.3 is 11.9 Å². The quantitative estimate of drug-likeness (QED) is 0.245. The van der Waals surface area contributed by atoms with E-state index < -0.39 is 84.4 Å². The largest absolute Gasteiger partial charge is 0.462 e. The lowest BCUT2D eigenvalue weighted by molar-refractivity contribution is -0.300. The van der Waals surface area contributed by atoms with Crippen molar-refractivity contribution in [2.45, 2.75) is 166 Å². The van der Waals surface area contributed by atoms with Crippen LogP contribution in [0.15, 0.2) is 59.3 Å². The lowest BCUT2D eigenvalue weighted by Crippen LogP contribution is -2.58. The number of ether oxygens (including phenoxy) is 9. The number of carbonyl (C=O) groups is 2. The third-order valence-electron chi connectivity index (χ3n) is 14.4. The second-order valence-corrected chi connectivity index (χ2v) is 18.8. The van der Waals surface area contributed by atoms with Crippen molar-refractivity contribution >= 4 is 11.9 Å². The molecule has 17 atom stereocenters. The molecule has 7 rings (SSSR count). The number of carbonyl (C=O) groups excluding carboxylic acids is 2. The van der Waals surface area contributed by atoms with Crippen molar-refractivity contribution in [2.24, 2.45) is 23.7 Å². The Bertz CT molecular complexity index is 1750. The average Bonchev–Trinajstić information content (AvgIpc) is 3.60. The van der Waals surface area contributed by atoms with Gasteiger partial charge in [-0.3, -0.25) is 14.5 Å². The molecule has 14 nitrogen and oxygen atoms in total. The lowest BCUT2D eigenvalue weighted by Gasteiger charge is -2.48. The van der Waals surface area contributed by atoms with Crippen LogP contribution in [0, 0.1) is 23.7 Å². The Labute approximate surface area is 367 Å². The smallest absolute Gasteiger partial charge is 0.323 e. The zero-order valence-electron chi connectivity index (χ0n) is 38.1. The lowest BCUT2D eigenvalue weighted by atomic mass is 9.71. The summed E-state index contributed by atoms with van der Waals surface area (Å²) < 4.78 is 57.0. The minimum atomic E-state index is -1.84. The summed E-state index contributed by atoms with van der Waals surface area (Å²) in [5.41, 5.74) is 0.110. The summed E-state index contributed by atoms with van der Waals surface area (Å²) in [5, 5.41) is 23.7. The van der Waals surface area contributed by atoms with E-state index in [1.54, 1.807) is 26.2 Å². The number of hydrogen-bond acceptors (Lipinski definition) is 14. The van der Waals surface area contributed by atoms with E-state index in [9.17, 15) is 19.8 Å². The van der Waals surface area contributed by atoms with Gasteiger partial charge in [0.1, 0.15) is 42.0 Å². The first-order valence-corrected chi connectivity index (χ1v) is 22.9. The molecule has 0 amide bonds. The summed E-state index contributed by atoms with van der Waals surface area (Å²) >= 11 is 0. The highest BCUT2D eigenvalue weighted by Crippen LogP contribution is 2.47. The number of rotatable bonds is 8. The molecular formula is C48H71NO13. The van der Waals surface area contributed by atoms with Crippen molar-refractivity contribution in [2.75, 3.05) is 40.0 Å². The summed E-state index contributed by atoms with van der Waals surface area (Å²) in [7, 11) is 1.61. The second kappa shape index (κ2) is 19.8. The third-order valence-corrected chi connectivity index (χ3v) is 14.4. The van der Waals surface area contributed by atoms with E-state index in [-0.39, 0.29) is 36.4 Å². The van der Waals surface area contributed by atoms with Gasteiger partial charge in [-0.05, 0) is 62.8 Å². The first-order valence-electron chi connectivity index (χ1n) is 22.9. The molecule has 4 saturated heterocycles. The molecule has 1 aliphatic carbocycles. The Morgan fingerprint density at radius 1 is 1.03 bits per heavy atom. The zero-order valence-corrected chi connectivity index (χ0v) is 38.1. The van der Waals surface area contributed by atoms with E-state index in [1.807, 2.05) is 39.0 Å². The van der Waals surface area contributed by atoms with E-state index in [0.717, 1.165) is 12.0 Å². The number of fused-ring (bicyclic) bond motifs is 2. The number of morpholine rings is 1. The van der Waals surface area contributed by atoms with Crippen molar-refractivity contribution in [1.29, 1.82) is 0 Å². The molecule has 6 heterocycles. The fourth-order valence-electron chi connectivity index (χ4n) is 10.4. The highest BCUT2D eigenvalue weighted by molar-refractivity contribution is 5.78. The van der Waals surface area contributed by atoms with Gasteiger partial charge in [0.25, 0.3) is 0 Å².